The Hall–Kier alpha value is -0.780. The van der Waals surface area contributed by atoms with Gasteiger partial charge in [0.05, 0.1) is 0 Å². The molecule has 0 bridgehead atoms. The molecule has 0 amide bonds. The second kappa shape index (κ2) is 9.79. The zero-order valence-electron chi connectivity index (χ0n) is 15.5. The number of rotatable bonds is 4. The van der Waals surface area contributed by atoms with Crippen LogP contribution in [0, 0.1) is 0 Å². The average molecular weight is 372 g/mol. The predicted molar refractivity (Wildman–Crippen MR) is 115 cm³/mol. The van der Waals surface area contributed by atoms with Gasteiger partial charge in [0.2, 0.25) is 0 Å². The fourth-order valence-corrected chi connectivity index (χ4v) is 8.57. The molecule has 1 saturated heterocycles. The summed E-state index contributed by atoms with van der Waals surface area (Å²) in [6.45, 7) is 8.20. The third-order valence-electron chi connectivity index (χ3n) is 4.94. The molecule has 1 heterocycles. The Morgan fingerprint density at radius 1 is 0.680 bits per heavy atom. The Kier molecular flexibility index (Phi) is 7.44. The minimum Gasteiger partial charge on any atom is -0.299 e. The van der Waals surface area contributed by atoms with Crippen LogP contribution in [0.2, 0.25) is 0 Å². The Bertz CT molecular complexity index is 620. The van der Waals surface area contributed by atoms with Gasteiger partial charge in [-0.25, -0.2) is 0 Å². The maximum absolute atomic E-state index is 2.72. The van der Waals surface area contributed by atoms with Crippen molar-refractivity contribution in [1.82, 2.24) is 9.80 Å². The van der Waals surface area contributed by atoms with Gasteiger partial charge < -0.3 is 0 Å². The van der Waals surface area contributed by atoms with Crippen LogP contribution in [0.5, 0.6) is 0 Å². The van der Waals surface area contributed by atoms with Crippen molar-refractivity contribution in [2.75, 3.05) is 44.7 Å². The Morgan fingerprint density at radius 2 is 1.16 bits per heavy atom. The van der Waals surface area contributed by atoms with E-state index < -0.39 is 0 Å². The average Bonchev–Trinajstić information content (AvgIpc) is 2.78. The van der Waals surface area contributed by atoms with Crippen molar-refractivity contribution >= 4 is 26.5 Å². The second-order valence-electron chi connectivity index (χ2n) is 6.60. The van der Waals surface area contributed by atoms with Crippen LogP contribution in [0.15, 0.2) is 60.7 Å². The zero-order valence-corrected chi connectivity index (χ0v) is 17.3. The van der Waals surface area contributed by atoms with Gasteiger partial charge in [-0.15, -0.1) is 0 Å². The summed E-state index contributed by atoms with van der Waals surface area (Å²) in [6, 6.07) is 22.4. The van der Waals surface area contributed by atoms with Crippen LogP contribution in [0.4, 0.5) is 0 Å². The van der Waals surface area contributed by atoms with Gasteiger partial charge in [-0.1, -0.05) is 82.4 Å². The van der Waals surface area contributed by atoms with Gasteiger partial charge in [-0.2, -0.15) is 0 Å². The van der Waals surface area contributed by atoms with Crippen LogP contribution in [-0.2, 0) is 0 Å². The van der Waals surface area contributed by atoms with Crippen molar-refractivity contribution in [2.24, 2.45) is 0 Å². The number of hydrogen-bond donors (Lipinski definition) is 0. The standard InChI is InChI=1S/C21H30N2P2/c1-3-22-15-16-24(20-11-7-5-8-12-20)18-23(4-2)19-25(17-22)21-13-9-6-10-14-21/h5-14H,3-4,15-19H2,1-2H3. The molecule has 134 valence electrons. The van der Waals surface area contributed by atoms with Crippen molar-refractivity contribution in [1.29, 1.82) is 0 Å². The van der Waals surface area contributed by atoms with Crippen molar-refractivity contribution in [3.63, 3.8) is 0 Å². The van der Waals surface area contributed by atoms with Crippen molar-refractivity contribution in [2.45, 2.75) is 13.8 Å². The van der Waals surface area contributed by atoms with Crippen LogP contribution in [0.25, 0.3) is 0 Å². The van der Waals surface area contributed by atoms with Gasteiger partial charge in [-0.3, -0.25) is 9.80 Å². The molecular weight excluding hydrogens is 342 g/mol. The van der Waals surface area contributed by atoms with E-state index >= 15 is 0 Å². The molecule has 0 N–H and O–H groups in total. The van der Waals surface area contributed by atoms with Gasteiger partial charge in [0, 0.05) is 25.4 Å². The lowest BCUT2D eigenvalue weighted by Gasteiger charge is -2.30. The van der Waals surface area contributed by atoms with Crippen molar-refractivity contribution < 1.29 is 0 Å². The van der Waals surface area contributed by atoms with Crippen LogP contribution >= 0.6 is 15.8 Å². The number of hydrogen-bond acceptors (Lipinski definition) is 2. The molecule has 0 aromatic heterocycles. The van der Waals surface area contributed by atoms with Gasteiger partial charge in [0.25, 0.3) is 0 Å². The fourth-order valence-electron chi connectivity index (χ4n) is 3.33. The Morgan fingerprint density at radius 3 is 1.72 bits per heavy atom. The minimum absolute atomic E-state index is 0.0983. The molecule has 25 heavy (non-hydrogen) atoms. The number of benzene rings is 2. The lowest BCUT2D eigenvalue weighted by molar-refractivity contribution is 0.356. The third-order valence-corrected chi connectivity index (χ3v) is 9.96. The molecule has 1 fully saturated rings. The Balaban J connectivity index is 1.83. The third kappa shape index (κ3) is 5.35. The van der Waals surface area contributed by atoms with E-state index in [1.807, 2.05) is 0 Å². The van der Waals surface area contributed by atoms with Gasteiger partial charge in [0.1, 0.15) is 0 Å². The first kappa shape index (κ1) is 19.0. The summed E-state index contributed by atoms with van der Waals surface area (Å²) in [7, 11) is -0.242. The normalized spacial score (nSPS) is 23.6. The summed E-state index contributed by atoms with van der Waals surface area (Å²) < 4.78 is 0. The van der Waals surface area contributed by atoms with E-state index in [0.29, 0.717) is 0 Å². The van der Waals surface area contributed by atoms with Crippen LogP contribution < -0.4 is 10.6 Å². The van der Waals surface area contributed by atoms with E-state index in [1.165, 1.54) is 31.6 Å². The van der Waals surface area contributed by atoms with E-state index in [-0.39, 0.29) is 15.8 Å². The molecule has 1 aliphatic rings. The van der Waals surface area contributed by atoms with Gasteiger partial charge in [-0.05, 0) is 37.8 Å². The van der Waals surface area contributed by atoms with Crippen molar-refractivity contribution in [3.8, 4) is 0 Å². The molecule has 2 atom stereocenters. The molecule has 0 spiro atoms. The lowest BCUT2D eigenvalue weighted by Crippen LogP contribution is -2.30. The number of nitrogens with zero attached hydrogens (tertiary/aromatic N) is 2. The lowest BCUT2D eigenvalue weighted by atomic mass is 10.4. The van der Waals surface area contributed by atoms with Crippen molar-refractivity contribution in [3.05, 3.63) is 60.7 Å². The molecular formula is C21H30N2P2. The summed E-state index contributed by atoms with van der Waals surface area (Å²) in [5.41, 5.74) is 0. The van der Waals surface area contributed by atoms with Gasteiger partial charge in [0.15, 0.2) is 0 Å². The van der Waals surface area contributed by atoms with E-state index in [9.17, 15) is 0 Å². The van der Waals surface area contributed by atoms with Crippen LogP contribution in [0.1, 0.15) is 13.8 Å². The fraction of sp³-hybridized carbons (Fsp3) is 0.429. The molecule has 3 rings (SSSR count). The summed E-state index contributed by atoms with van der Waals surface area (Å²) in [4.78, 5) is 5.41. The van der Waals surface area contributed by atoms with Crippen LogP contribution in [-0.4, -0.2) is 54.5 Å². The molecule has 2 nitrogen and oxygen atoms in total. The topological polar surface area (TPSA) is 6.48 Å². The summed E-state index contributed by atoms with van der Waals surface area (Å²) in [5, 5.41) is 3.12. The quantitative estimate of drug-likeness (QED) is 0.745. The summed E-state index contributed by atoms with van der Waals surface area (Å²) in [6.07, 6.45) is 5.04. The highest BCUT2D eigenvalue weighted by Gasteiger charge is 2.24. The highest BCUT2D eigenvalue weighted by atomic mass is 31.1. The molecule has 0 saturated carbocycles. The predicted octanol–water partition coefficient (Wildman–Crippen LogP) is 4.13. The first-order valence-electron chi connectivity index (χ1n) is 9.35. The minimum atomic E-state index is -0.144. The highest BCUT2D eigenvalue weighted by Crippen LogP contribution is 2.42. The summed E-state index contributed by atoms with van der Waals surface area (Å²) in [5.74, 6) is 0. The van der Waals surface area contributed by atoms with Gasteiger partial charge >= 0.3 is 0 Å². The maximum atomic E-state index is 2.72. The van der Waals surface area contributed by atoms with E-state index in [1.54, 1.807) is 10.6 Å². The molecule has 0 aliphatic carbocycles. The maximum Gasteiger partial charge on any atom is 0.0240 e. The first-order chi connectivity index (χ1) is 12.3. The largest absolute Gasteiger partial charge is 0.299 e. The first-order valence-corrected chi connectivity index (χ1v) is 12.8. The summed E-state index contributed by atoms with van der Waals surface area (Å²) >= 11 is 0. The Labute approximate surface area is 155 Å². The SMILES string of the molecule is CCN1CCP(c2ccccc2)CN(CC)CP(c2ccccc2)C1. The molecule has 2 aromatic carbocycles. The smallest absolute Gasteiger partial charge is 0.0240 e. The van der Waals surface area contributed by atoms with E-state index in [0.717, 1.165) is 13.1 Å². The van der Waals surface area contributed by atoms with Crippen LogP contribution in [0.3, 0.4) is 0 Å². The molecule has 2 unspecified atom stereocenters. The molecule has 2 aromatic rings. The molecule has 1 aliphatic heterocycles. The molecule has 0 radical (unpaired) electrons. The second-order valence-corrected chi connectivity index (χ2v) is 11.1. The molecule has 4 heteroatoms. The monoisotopic (exact) mass is 372 g/mol. The van der Waals surface area contributed by atoms with E-state index in [4.69, 9.17) is 0 Å². The zero-order chi connectivity index (χ0) is 17.5. The van der Waals surface area contributed by atoms with E-state index in [2.05, 4.69) is 84.3 Å². The highest BCUT2D eigenvalue weighted by molar-refractivity contribution is 7.66.